The van der Waals surface area contributed by atoms with Crippen molar-refractivity contribution in [3.63, 3.8) is 0 Å². The Labute approximate surface area is 154 Å². The quantitative estimate of drug-likeness (QED) is 0.323. The number of hydrogen-bond acceptors (Lipinski definition) is 6. The van der Waals surface area contributed by atoms with E-state index in [2.05, 4.69) is 21.2 Å². The van der Waals surface area contributed by atoms with Crippen molar-refractivity contribution < 1.29 is 23.7 Å². The highest BCUT2D eigenvalue weighted by molar-refractivity contribution is 9.10. The molecule has 1 aromatic carbocycles. The number of non-ortho nitro benzene ring substituents is 1. The van der Waals surface area contributed by atoms with E-state index in [0.717, 1.165) is 12.1 Å². The maximum absolute atomic E-state index is 11.8. The average molecular weight is 430 g/mol. The second kappa shape index (κ2) is 8.45. The predicted octanol–water partition coefficient (Wildman–Crippen LogP) is 3.80. The number of esters is 1. The summed E-state index contributed by atoms with van der Waals surface area (Å²) in [5, 5.41) is 13.2. The van der Waals surface area contributed by atoms with Gasteiger partial charge in [-0.15, -0.1) is 0 Å². The van der Waals surface area contributed by atoms with Gasteiger partial charge in [-0.1, -0.05) is 11.6 Å². The molecule has 25 heavy (non-hydrogen) atoms. The molecule has 2 rings (SSSR count). The van der Waals surface area contributed by atoms with Crippen molar-refractivity contribution in [3.8, 4) is 0 Å². The monoisotopic (exact) mass is 428 g/mol. The molecule has 10 heteroatoms. The molecule has 0 bridgehead atoms. The Morgan fingerprint density at radius 3 is 2.76 bits per heavy atom. The lowest BCUT2D eigenvalue weighted by Gasteiger charge is -2.07. The Bertz CT molecular complexity index is 848. The number of ether oxygens (including phenoxy) is 1. The van der Waals surface area contributed by atoms with Crippen molar-refractivity contribution >= 4 is 56.9 Å². The number of nitrogens with zero attached hydrogens (tertiary/aromatic N) is 1. The van der Waals surface area contributed by atoms with Gasteiger partial charge in [0.25, 0.3) is 11.6 Å². The first kappa shape index (κ1) is 18.7. The molecule has 0 atom stereocenters. The number of nitrogens with one attached hydrogen (secondary N) is 1. The zero-order chi connectivity index (χ0) is 18.4. The minimum Gasteiger partial charge on any atom is -0.452 e. The smallest absolute Gasteiger partial charge is 0.331 e. The summed E-state index contributed by atoms with van der Waals surface area (Å²) in [4.78, 5) is 33.4. The molecule has 0 unspecified atom stereocenters. The number of benzene rings is 1. The number of furan rings is 1. The number of nitro benzene ring substituents is 1. The predicted molar refractivity (Wildman–Crippen MR) is 93.1 cm³/mol. The second-order valence-electron chi connectivity index (χ2n) is 4.55. The summed E-state index contributed by atoms with van der Waals surface area (Å²) in [6, 6.07) is 6.88. The highest BCUT2D eigenvalue weighted by atomic mass is 79.9. The molecule has 0 saturated carbocycles. The van der Waals surface area contributed by atoms with Crippen LogP contribution in [0.15, 0.2) is 45.5 Å². The van der Waals surface area contributed by atoms with Gasteiger partial charge in [0, 0.05) is 18.2 Å². The highest BCUT2D eigenvalue weighted by Crippen LogP contribution is 2.26. The molecule has 2 aromatic rings. The van der Waals surface area contributed by atoms with Crippen LogP contribution in [0.2, 0.25) is 5.02 Å². The van der Waals surface area contributed by atoms with Gasteiger partial charge in [-0.3, -0.25) is 14.9 Å². The van der Waals surface area contributed by atoms with Crippen molar-refractivity contribution in [1.82, 2.24) is 0 Å². The molecule has 1 aromatic heterocycles. The van der Waals surface area contributed by atoms with E-state index in [1.54, 1.807) is 12.1 Å². The van der Waals surface area contributed by atoms with Gasteiger partial charge in [0.2, 0.25) is 0 Å². The summed E-state index contributed by atoms with van der Waals surface area (Å²) in [6.07, 6.45) is 2.47. The van der Waals surface area contributed by atoms with E-state index in [-0.39, 0.29) is 16.4 Å². The third-order valence-corrected chi connectivity index (χ3v) is 3.51. The number of carbonyl (C=O) groups is 2. The molecule has 0 spiro atoms. The summed E-state index contributed by atoms with van der Waals surface area (Å²) < 4.78 is 10.4. The summed E-state index contributed by atoms with van der Waals surface area (Å²) in [5.41, 5.74) is -0.183. The van der Waals surface area contributed by atoms with Crippen LogP contribution in [0.4, 0.5) is 11.4 Å². The molecule has 1 N–H and O–H groups in total. The molecule has 0 fully saturated rings. The van der Waals surface area contributed by atoms with Crippen molar-refractivity contribution in [2.45, 2.75) is 0 Å². The van der Waals surface area contributed by atoms with Crippen LogP contribution in [0, 0.1) is 10.1 Å². The zero-order valence-corrected chi connectivity index (χ0v) is 14.7. The largest absolute Gasteiger partial charge is 0.452 e. The first-order valence-electron chi connectivity index (χ1n) is 6.69. The third-order valence-electron chi connectivity index (χ3n) is 2.76. The van der Waals surface area contributed by atoms with Crippen LogP contribution in [0.3, 0.4) is 0 Å². The topological polar surface area (TPSA) is 112 Å². The number of halogens is 2. The van der Waals surface area contributed by atoms with E-state index in [4.69, 9.17) is 20.8 Å². The fraction of sp³-hybridized carbons (Fsp3) is 0.0667. The SMILES string of the molecule is O=C(COC(=O)/C=C/c1ccc(Br)o1)Nc1cc([N+](=O)[O-])ccc1Cl. The molecule has 130 valence electrons. The number of nitro groups is 1. The van der Waals surface area contributed by atoms with Gasteiger partial charge in [0.15, 0.2) is 11.3 Å². The van der Waals surface area contributed by atoms with E-state index in [0.29, 0.717) is 10.4 Å². The van der Waals surface area contributed by atoms with Gasteiger partial charge in [-0.05, 0) is 40.2 Å². The first-order chi connectivity index (χ1) is 11.8. The molecule has 1 amide bonds. The van der Waals surface area contributed by atoms with E-state index >= 15 is 0 Å². The van der Waals surface area contributed by atoms with E-state index in [1.807, 2.05) is 0 Å². The lowest BCUT2D eigenvalue weighted by atomic mass is 10.3. The number of hydrogen-bond donors (Lipinski definition) is 1. The molecule has 1 heterocycles. The van der Waals surface area contributed by atoms with Crippen LogP contribution >= 0.6 is 27.5 Å². The van der Waals surface area contributed by atoms with E-state index in [9.17, 15) is 19.7 Å². The van der Waals surface area contributed by atoms with Crippen LogP contribution in [0.1, 0.15) is 5.76 Å². The van der Waals surface area contributed by atoms with Crippen LogP contribution < -0.4 is 5.32 Å². The Morgan fingerprint density at radius 1 is 1.36 bits per heavy atom. The van der Waals surface area contributed by atoms with Crippen molar-refractivity contribution in [2.24, 2.45) is 0 Å². The Balaban J connectivity index is 1.88. The number of carbonyl (C=O) groups excluding carboxylic acids is 2. The maximum atomic E-state index is 11.8. The highest BCUT2D eigenvalue weighted by Gasteiger charge is 2.13. The lowest BCUT2D eigenvalue weighted by Crippen LogP contribution is -2.20. The Kier molecular flexibility index (Phi) is 6.31. The lowest BCUT2D eigenvalue weighted by molar-refractivity contribution is -0.384. The van der Waals surface area contributed by atoms with Crippen molar-refractivity contribution in [3.05, 3.63) is 62.0 Å². The van der Waals surface area contributed by atoms with Crippen LogP contribution in [0.25, 0.3) is 6.08 Å². The van der Waals surface area contributed by atoms with Gasteiger partial charge in [0.1, 0.15) is 5.76 Å². The normalized spacial score (nSPS) is 10.6. The molecule has 0 aliphatic rings. The average Bonchev–Trinajstić information content (AvgIpc) is 2.98. The van der Waals surface area contributed by atoms with Crippen molar-refractivity contribution in [2.75, 3.05) is 11.9 Å². The Morgan fingerprint density at radius 2 is 2.12 bits per heavy atom. The summed E-state index contributed by atoms with van der Waals surface area (Å²) in [5.74, 6) is -1.02. The number of rotatable bonds is 6. The Hall–Kier alpha value is -2.65. The van der Waals surface area contributed by atoms with Gasteiger partial charge in [0.05, 0.1) is 15.6 Å². The summed E-state index contributed by atoms with van der Waals surface area (Å²) in [6.45, 7) is -0.579. The fourth-order valence-corrected chi connectivity index (χ4v) is 2.15. The third kappa shape index (κ3) is 5.73. The van der Waals surface area contributed by atoms with Crippen LogP contribution in [0.5, 0.6) is 0 Å². The molecular formula is C15H10BrClN2O6. The molecule has 0 aliphatic heterocycles. The van der Waals surface area contributed by atoms with E-state index in [1.165, 1.54) is 18.2 Å². The van der Waals surface area contributed by atoms with Crippen LogP contribution in [-0.2, 0) is 14.3 Å². The van der Waals surface area contributed by atoms with Gasteiger partial charge >= 0.3 is 5.97 Å². The zero-order valence-electron chi connectivity index (χ0n) is 12.4. The van der Waals surface area contributed by atoms with Crippen LogP contribution in [-0.4, -0.2) is 23.4 Å². The second-order valence-corrected chi connectivity index (χ2v) is 5.74. The van der Waals surface area contributed by atoms with E-state index < -0.39 is 23.4 Å². The standard InChI is InChI=1S/C15H10BrClN2O6/c16-13-5-2-10(25-13)3-6-15(21)24-8-14(20)18-12-7-9(19(22)23)1-4-11(12)17/h1-7H,8H2,(H,18,20)/b6-3+. The minimum atomic E-state index is -0.757. The summed E-state index contributed by atoms with van der Waals surface area (Å²) in [7, 11) is 0. The number of anilines is 1. The molecule has 0 saturated heterocycles. The molecule has 0 aliphatic carbocycles. The number of amides is 1. The summed E-state index contributed by atoms with van der Waals surface area (Å²) >= 11 is 8.97. The first-order valence-corrected chi connectivity index (χ1v) is 7.86. The molecule has 8 nitrogen and oxygen atoms in total. The molecule has 0 radical (unpaired) electrons. The van der Waals surface area contributed by atoms with Gasteiger partial charge in [-0.25, -0.2) is 4.79 Å². The maximum Gasteiger partial charge on any atom is 0.331 e. The van der Waals surface area contributed by atoms with Gasteiger partial charge in [-0.2, -0.15) is 0 Å². The van der Waals surface area contributed by atoms with Gasteiger partial charge < -0.3 is 14.5 Å². The minimum absolute atomic E-state index is 0.0490. The van der Waals surface area contributed by atoms with Crippen molar-refractivity contribution in [1.29, 1.82) is 0 Å². The molecular weight excluding hydrogens is 420 g/mol. The fourth-order valence-electron chi connectivity index (χ4n) is 1.66.